The molecular formula is C32H44FN5O. The predicted octanol–water partition coefficient (Wildman–Crippen LogP) is 8.27. The van der Waals surface area contributed by atoms with E-state index in [9.17, 15) is 9.18 Å². The third kappa shape index (κ3) is 9.89. The molecule has 1 fully saturated rings. The lowest BCUT2D eigenvalue weighted by molar-refractivity contribution is 0.0939. The van der Waals surface area contributed by atoms with E-state index in [1.807, 2.05) is 45.2 Å². The van der Waals surface area contributed by atoms with Crippen molar-refractivity contribution in [1.82, 2.24) is 10.2 Å². The average molecular weight is 534 g/mol. The van der Waals surface area contributed by atoms with Gasteiger partial charge in [-0.05, 0) is 93.3 Å². The smallest absolute Gasteiger partial charge is 0.254 e. The molecule has 0 spiro atoms. The van der Waals surface area contributed by atoms with E-state index in [0.717, 1.165) is 48.1 Å². The lowest BCUT2D eigenvalue weighted by Gasteiger charge is -2.31. The molecule has 1 aliphatic rings. The SMILES string of the molecule is C=C(/N=C\C(=C/C)CC)N1CCC(C)CC1.CN=Nc1cc(-c2ccc(C(=O)NC(C)C)c(F)c2)ccc1C. The molecule has 0 radical (unpaired) electrons. The lowest BCUT2D eigenvalue weighted by atomic mass is 9.99. The summed E-state index contributed by atoms with van der Waals surface area (Å²) in [4.78, 5) is 18.7. The monoisotopic (exact) mass is 533 g/mol. The van der Waals surface area contributed by atoms with Crippen LogP contribution in [-0.4, -0.2) is 43.2 Å². The molecule has 0 bridgehead atoms. The van der Waals surface area contributed by atoms with Gasteiger partial charge in [-0.3, -0.25) is 4.79 Å². The summed E-state index contributed by atoms with van der Waals surface area (Å²) in [5.74, 6) is 0.822. The third-order valence-corrected chi connectivity index (χ3v) is 6.69. The summed E-state index contributed by atoms with van der Waals surface area (Å²) >= 11 is 0. The highest BCUT2D eigenvalue weighted by Crippen LogP contribution is 2.28. The number of carbonyl (C=O) groups is 1. The maximum Gasteiger partial charge on any atom is 0.254 e. The summed E-state index contributed by atoms with van der Waals surface area (Å²) in [6, 6.07) is 10.2. The Morgan fingerprint density at radius 3 is 2.38 bits per heavy atom. The molecule has 1 aliphatic heterocycles. The van der Waals surface area contributed by atoms with Gasteiger partial charge >= 0.3 is 0 Å². The number of nitrogens with one attached hydrogen (secondary N) is 1. The molecule has 0 saturated carbocycles. The van der Waals surface area contributed by atoms with Crippen molar-refractivity contribution in [3.05, 3.63) is 77.4 Å². The number of aliphatic imine (C=N–C) groups is 1. The summed E-state index contributed by atoms with van der Waals surface area (Å²) in [6.07, 6.45) is 7.61. The first-order valence-electron chi connectivity index (χ1n) is 13.7. The van der Waals surface area contributed by atoms with Crippen LogP contribution in [0.3, 0.4) is 0 Å². The zero-order chi connectivity index (χ0) is 28.9. The Morgan fingerprint density at radius 2 is 1.82 bits per heavy atom. The van der Waals surface area contributed by atoms with E-state index in [0.29, 0.717) is 5.56 Å². The predicted molar refractivity (Wildman–Crippen MR) is 161 cm³/mol. The van der Waals surface area contributed by atoms with E-state index >= 15 is 0 Å². The Balaban J connectivity index is 0.000000293. The Bertz CT molecular complexity index is 1210. The molecule has 0 aromatic heterocycles. The van der Waals surface area contributed by atoms with Crippen LogP contribution in [0.2, 0.25) is 0 Å². The molecule has 6 nitrogen and oxygen atoms in total. The van der Waals surface area contributed by atoms with E-state index < -0.39 is 11.7 Å². The summed E-state index contributed by atoms with van der Waals surface area (Å²) in [5.41, 5.74) is 4.57. The Morgan fingerprint density at radius 1 is 1.18 bits per heavy atom. The van der Waals surface area contributed by atoms with Crippen molar-refractivity contribution in [2.75, 3.05) is 20.1 Å². The zero-order valence-corrected chi connectivity index (χ0v) is 24.6. The van der Waals surface area contributed by atoms with Crippen LogP contribution in [0.15, 0.2) is 75.7 Å². The minimum Gasteiger partial charge on any atom is -0.357 e. The van der Waals surface area contributed by atoms with Crippen LogP contribution in [-0.2, 0) is 0 Å². The van der Waals surface area contributed by atoms with Crippen molar-refractivity contribution in [2.45, 2.75) is 66.8 Å². The highest BCUT2D eigenvalue weighted by atomic mass is 19.1. The van der Waals surface area contributed by atoms with Crippen molar-refractivity contribution in [1.29, 1.82) is 0 Å². The van der Waals surface area contributed by atoms with Gasteiger partial charge in [0.2, 0.25) is 0 Å². The first-order valence-corrected chi connectivity index (χ1v) is 13.7. The second-order valence-electron chi connectivity index (χ2n) is 10.2. The van der Waals surface area contributed by atoms with Gasteiger partial charge in [-0.25, -0.2) is 9.38 Å². The molecule has 210 valence electrons. The Labute approximate surface area is 233 Å². The Hall–Kier alpha value is -3.61. The van der Waals surface area contributed by atoms with Crippen LogP contribution in [0.4, 0.5) is 10.1 Å². The zero-order valence-electron chi connectivity index (χ0n) is 24.6. The van der Waals surface area contributed by atoms with Gasteiger partial charge in [0.05, 0.1) is 11.3 Å². The van der Waals surface area contributed by atoms with Crippen molar-refractivity contribution in [2.24, 2.45) is 21.1 Å². The molecule has 7 heteroatoms. The van der Waals surface area contributed by atoms with Gasteiger partial charge in [0, 0.05) is 32.4 Å². The number of aryl methyl sites for hydroxylation is 1. The van der Waals surface area contributed by atoms with Crippen LogP contribution in [0.25, 0.3) is 11.1 Å². The number of benzene rings is 2. The largest absolute Gasteiger partial charge is 0.357 e. The standard InChI is InChI=1S/C18H20FN3O.C14H24N2/c1-11(2)21-18(23)15-8-7-13(9-16(15)19)14-6-5-12(3)17(10-14)22-20-4;1-5-14(6-2)11-15-13(4)16-9-7-12(3)8-10-16/h5-11H,1-4H3,(H,21,23);5,11-12H,4,6-10H2,1-3H3/b;14-5-,15-11-. The van der Waals surface area contributed by atoms with Crippen molar-refractivity contribution < 1.29 is 9.18 Å². The van der Waals surface area contributed by atoms with Crippen molar-refractivity contribution >= 4 is 17.8 Å². The molecule has 0 unspecified atom stereocenters. The number of hydrogen-bond donors (Lipinski definition) is 1. The fourth-order valence-corrected chi connectivity index (χ4v) is 4.10. The summed E-state index contributed by atoms with van der Waals surface area (Å²) < 4.78 is 14.3. The summed E-state index contributed by atoms with van der Waals surface area (Å²) in [6.45, 7) is 18.4. The highest BCUT2D eigenvalue weighted by Gasteiger charge is 2.16. The quantitative estimate of drug-likeness (QED) is 0.274. The number of likely N-dealkylation sites (tertiary alicyclic amines) is 1. The lowest BCUT2D eigenvalue weighted by Crippen LogP contribution is -2.31. The third-order valence-electron chi connectivity index (χ3n) is 6.69. The topological polar surface area (TPSA) is 69.4 Å². The molecule has 39 heavy (non-hydrogen) atoms. The molecule has 1 N–H and O–H groups in total. The van der Waals surface area contributed by atoms with E-state index in [1.165, 1.54) is 30.5 Å². The highest BCUT2D eigenvalue weighted by molar-refractivity contribution is 5.95. The van der Waals surface area contributed by atoms with Crippen LogP contribution in [0.1, 0.15) is 69.8 Å². The number of nitrogens with zero attached hydrogens (tertiary/aromatic N) is 4. The average Bonchev–Trinajstić information content (AvgIpc) is 2.90. The number of amides is 1. The first kappa shape index (κ1) is 31.6. The van der Waals surface area contributed by atoms with Gasteiger partial charge in [0.25, 0.3) is 5.91 Å². The molecule has 2 aromatic rings. The number of azo groups is 1. The van der Waals surface area contributed by atoms with Gasteiger partial charge in [0.1, 0.15) is 11.6 Å². The van der Waals surface area contributed by atoms with Gasteiger partial charge < -0.3 is 10.2 Å². The summed E-state index contributed by atoms with van der Waals surface area (Å²) in [7, 11) is 1.61. The molecule has 0 atom stereocenters. The van der Waals surface area contributed by atoms with Crippen LogP contribution < -0.4 is 5.32 Å². The molecule has 1 heterocycles. The fraction of sp³-hybridized carbons (Fsp3) is 0.438. The second kappa shape index (κ2) is 15.7. The normalized spacial score (nSPS) is 14.6. The van der Waals surface area contributed by atoms with Crippen LogP contribution in [0.5, 0.6) is 0 Å². The van der Waals surface area contributed by atoms with Gasteiger partial charge in [-0.1, -0.05) is 44.7 Å². The molecular weight excluding hydrogens is 489 g/mol. The fourth-order valence-electron chi connectivity index (χ4n) is 4.10. The van der Waals surface area contributed by atoms with Crippen LogP contribution >= 0.6 is 0 Å². The van der Waals surface area contributed by atoms with E-state index in [-0.39, 0.29) is 11.6 Å². The molecule has 0 aliphatic carbocycles. The maximum absolute atomic E-state index is 14.3. The summed E-state index contributed by atoms with van der Waals surface area (Å²) in [5, 5.41) is 10.5. The molecule has 3 rings (SSSR count). The minimum atomic E-state index is -0.542. The number of piperidine rings is 1. The molecule has 1 amide bonds. The van der Waals surface area contributed by atoms with E-state index in [4.69, 9.17) is 0 Å². The number of carbonyl (C=O) groups excluding carboxylic acids is 1. The van der Waals surface area contributed by atoms with Gasteiger partial charge in [-0.2, -0.15) is 10.2 Å². The Kier molecular flexibility index (Phi) is 12.7. The first-order chi connectivity index (χ1) is 18.6. The van der Waals surface area contributed by atoms with E-state index in [2.05, 4.69) is 58.9 Å². The number of allylic oxidation sites excluding steroid dienone is 2. The van der Waals surface area contributed by atoms with E-state index in [1.54, 1.807) is 13.1 Å². The number of halogens is 1. The number of hydrogen-bond acceptors (Lipinski definition) is 5. The molecule has 1 saturated heterocycles. The van der Waals surface area contributed by atoms with Gasteiger partial charge in [0.15, 0.2) is 0 Å². The van der Waals surface area contributed by atoms with Crippen molar-refractivity contribution in [3.8, 4) is 11.1 Å². The number of rotatable bonds is 8. The van der Waals surface area contributed by atoms with Crippen LogP contribution in [0, 0.1) is 18.7 Å². The molecule has 2 aromatic carbocycles. The maximum atomic E-state index is 14.3. The van der Waals surface area contributed by atoms with Crippen molar-refractivity contribution in [3.63, 3.8) is 0 Å². The van der Waals surface area contributed by atoms with Gasteiger partial charge in [-0.15, -0.1) is 0 Å². The minimum absolute atomic E-state index is 0.0411. The second-order valence-corrected chi connectivity index (χ2v) is 10.2.